The summed E-state index contributed by atoms with van der Waals surface area (Å²) in [5.74, 6) is -0.0440. The molecule has 0 radical (unpaired) electrons. The maximum Gasteiger partial charge on any atom is 0.302 e. The normalized spacial score (nSPS) is 5.58. The Bertz CT molecular complexity index is 217. The van der Waals surface area contributed by atoms with Crippen molar-refractivity contribution in [2.24, 2.45) is 0 Å². The van der Waals surface area contributed by atoms with Gasteiger partial charge in [0.25, 0.3) is 0 Å². The van der Waals surface area contributed by atoms with Crippen LogP contribution in [0.1, 0.15) is 85.1 Å². The number of carbonyl (C=O) groups is 2. The Morgan fingerprint density at radius 2 is 1.17 bits per heavy atom. The largest absolute Gasteiger partial charge is 0.466 e. The zero-order valence-electron chi connectivity index (χ0n) is 14.1. The first-order valence-corrected chi connectivity index (χ1v) is 6.27. The van der Waals surface area contributed by atoms with Crippen molar-refractivity contribution in [2.75, 3.05) is 13.2 Å². The van der Waals surface area contributed by atoms with Gasteiger partial charge in [-0.3, -0.25) is 4.79 Å². The van der Waals surface area contributed by atoms with E-state index >= 15 is 0 Å². The quantitative estimate of drug-likeness (QED) is 0.663. The predicted molar refractivity (Wildman–Crippen MR) is 107 cm³/mol. The zero-order valence-corrected chi connectivity index (χ0v) is 14.1. The summed E-state index contributed by atoms with van der Waals surface area (Å²) in [5.41, 5.74) is 0. The fourth-order valence-electron chi connectivity index (χ4n) is 0.203. The van der Waals surface area contributed by atoms with E-state index in [0.717, 1.165) is 0 Å². The van der Waals surface area contributed by atoms with Crippen LogP contribution in [0, 0.1) is 11.3 Å². The van der Waals surface area contributed by atoms with Crippen LogP contribution >= 0.6 is 0 Å². The van der Waals surface area contributed by atoms with Crippen molar-refractivity contribution in [3.63, 3.8) is 0 Å². The lowest BCUT2D eigenvalue weighted by Crippen LogP contribution is -1.95. The summed E-state index contributed by atoms with van der Waals surface area (Å²) in [6.07, 6.45) is -0.167. The van der Waals surface area contributed by atoms with Gasteiger partial charge in [0, 0.05) is 26.6 Å². The molecule has 6 heteroatoms. The number of ketones is 1. The summed E-state index contributed by atoms with van der Waals surface area (Å²) in [6.45, 7) is 13.5. The van der Waals surface area contributed by atoms with Gasteiger partial charge in [-0.15, -0.1) is 0 Å². The third-order valence-electron chi connectivity index (χ3n) is 0.348. The van der Waals surface area contributed by atoms with E-state index in [4.69, 9.17) is 15.5 Å². The van der Waals surface area contributed by atoms with E-state index in [-0.39, 0.29) is 54.2 Å². The number of esters is 1. The van der Waals surface area contributed by atoms with Crippen molar-refractivity contribution in [2.45, 2.75) is 91.2 Å². The number of Topliss-reactive ketones (excluding diaryl/α,β-unsaturated/α-hetero) is 1. The molecular formula is C18H47NO5. The SMILES string of the molecule is C.C.C.C.CC#N.CC(C)=O.CC(C)O.CCO.CCOC(C)=O. The molecule has 0 heterocycles. The molecule has 0 aromatic rings. The van der Waals surface area contributed by atoms with Crippen LogP contribution in [-0.4, -0.2) is 41.3 Å². The number of aliphatic hydroxyl groups is 2. The van der Waals surface area contributed by atoms with Crippen molar-refractivity contribution in [1.82, 2.24) is 0 Å². The highest BCUT2D eigenvalue weighted by atomic mass is 16.5. The molecule has 0 unspecified atom stereocenters. The van der Waals surface area contributed by atoms with Crippen molar-refractivity contribution in [1.29, 1.82) is 5.26 Å². The maximum absolute atomic E-state index is 9.82. The second-order valence-electron chi connectivity index (χ2n) is 3.47. The minimum atomic E-state index is -0.211. The molecule has 0 aromatic carbocycles. The summed E-state index contributed by atoms with van der Waals surface area (Å²) < 4.78 is 4.40. The average molecular weight is 358 g/mol. The standard InChI is InChI=1S/C4H8O2.C3H8O.C3H6O.C2H3N.C2H6O.4CH4/c1-3-6-4(2)5;2*1-3(2)4;2*1-2-3;;;;/h3H2,1-2H3;3-4H,1-2H3;1-2H3;1H3;3H,2H2,1H3;4*1H4. The lowest BCUT2D eigenvalue weighted by Gasteiger charge is -1.89. The van der Waals surface area contributed by atoms with E-state index in [9.17, 15) is 9.59 Å². The third kappa shape index (κ3) is 3270. The van der Waals surface area contributed by atoms with E-state index in [2.05, 4.69) is 4.74 Å². The lowest BCUT2D eigenvalue weighted by atomic mass is 10.5. The minimum Gasteiger partial charge on any atom is -0.466 e. The fraction of sp³-hybridized carbons (Fsp3) is 0.833. The van der Waals surface area contributed by atoms with Gasteiger partial charge in [0.1, 0.15) is 5.78 Å². The molecule has 0 saturated carbocycles. The highest BCUT2D eigenvalue weighted by Crippen LogP contribution is 1.69. The van der Waals surface area contributed by atoms with E-state index < -0.39 is 0 Å². The fourth-order valence-corrected chi connectivity index (χ4v) is 0.203. The van der Waals surface area contributed by atoms with Gasteiger partial charge in [-0.05, 0) is 41.5 Å². The van der Waals surface area contributed by atoms with Gasteiger partial charge in [0.15, 0.2) is 0 Å². The molecule has 0 fully saturated rings. The van der Waals surface area contributed by atoms with E-state index in [0.29, 0.717) is 6.61 Å². The molecule has 154 valence electrons. The van der Waals surface area contributed by atoms with E-state index in [1.165, 1.54) is 27.7 Å². The van der Waals surface area contributed by atoms with Crippen LogP contribution in [0.2, 0.25) is 0 Å². The number of nitriles is 1. The van der Waals surface area contributed by atoms with Crippen LogP contribution in [0.3, 0.4) is 0 Å². The second kappa shape index (κ2) is 68.2. The topological polar surface area (TPSA) is 108 Å². The molecule has 0 aliphatic heterocycles. The maximum atomic E-state index is 9.82. The number of hydrogen-bond acceptors (Lipinski definition) is 6. The van der Waals surface area contributed by atoms with Crippen molar-refractivity contribution >= 4 is 11.8 Å². The molecule has 0 atom stereocenters. The molecule has 0 aliphatic carbocycles. The number of ether oxygens (including phenoxy) is 1. The number of aliphatic hydroxyl groups excluding tert-OH is 2. The Labute approximate surface area is 152 Å². The zero-order chi connectivity index (χ0) is 17.6. The second-order valence-corrected chi connectivity index (χ2v) is 3.47. The average Bonchev–Trinajstić information content (AvgIpc) is 2.17. The summed E-state index contributed by atoms with van der Waals surface area (Å²) in [7, 11) is 0. The van der Waals surface area contributed by atoms with Crippen LogP contribution in [0.5, 0.6) is 0 Å². The molecule has 0 spiro atoms. The molecule has 0 saturated heterocycles. The summed E-state index contributed by atoms with van der Waals surface area (Å²) in [6, 6.07) is 1.75. The first-order chi connectivity index (χ1) is 9.06. The smallest absolute Gasteiger partial charge is 0.302 e. The van der Waals surface area contributed by atoms with E-state index in [1.807, 2.05) is 0 Å². The van der Waals surface area contributed by atoms with Crippen LogP contribution in [-0.2, 0) is 14.3 Å². The van der Waals surface area contributed by atoms with Gasteiger partial charge in [0.2, 0.25) is 0 Å². The first kappa shape index (κ1) is 57.0. The predicted octanol–water partition coefficient (Wildman–Crippen LogP) is 4.62. The van der Waals surface area contributed by atoms with Crippen molar-refractivity contribution in [3.05, 3.63) is 0 Å². The highest BCUT2D eigenvalue weighted by molar-refractivity contribution is 5.72. The third-order valence-corrected chi connectivity index (χ3v) is 0.348. The summed E-state index contributed by atoms with van der Waals surface area (Å²) >= 11 is 0. The Hall–Kier alpha value is -1.45. The molecule has 0 aromatic heterocycles. The Morgan fingerprint density at radius 3 is 1.17 bits per heavy atom. The van der Waals surface area contributed by atoms with Crippen molar-refractivity contribution in [3.8, 4) is 6.07 Å². The van der Waals surface area contributed by atoms with Gasteiger partial charge in [-0.25, -0.2) is 0 Å². The number of hydrogen-bond donors (Lipinski definition) is 2. The number of carbonyl (C=O) groups excluding carboxylic acids is 2. The van der Waals surface area contributed by atoms with Crippen LogP contribution in [0.4, 0.5) is 0 Å². The van der Waals surface area contributed by atoms with Gasteiger partial charge in [-0.2, -0.15) is 5.26 Å². The molecule has 24 heavy (non-hydrogen) atoms. The number of nitrogens with zero attached hydrogens (tertiary/aromatic N) is 1. The van der Waals surface area contributed by atoms with Gasteiger partial charge >= 0.3 is 5.97 Å². The van der Waals surface area contributed by atoms with E-state index in [1.54, 1.807) is 33.8 Å². The Morgan fingerprint density at radius 1 is 1.04 bits per heavy atom. The van der Waals surface area contributed by atoms with Crippen LogP contribution in [0.25, 0.3) is 0 Å². The monoisotopic (exact) mass is 357 g/mol. The first-order valence-electron chi connectivity index (χ1n) is 6.27. The Balaban J connectivity index is -0.0000000165. The summed E-state index contributed by atoms with van der Waals surface area (Å²) in [5, 5.41) is 22.9. The number of rotatable bonds is 1. The van der Waals surface area contributed by atoms with Gasteiger partial charge < -0.3 is 19.7 Å². The highest BCUT2D eigenvalue weighted by Gasteiger charge is 1.81. The van der Waals surface area contributed by atoms with Gasteiger partial charge in [-0.1, -0.05) is 29.7 Å². The van der Waals surface area contributed by atoms with Gasteiger partial charge in [0.05, 0.1) is 12.7 Å². The molecule has 0 aliphatic rings. The van der Waals surface area contributed by atoms with Crippen molar-refractivity contribution < 1.29 is 24.5 Å². The summed E-state index contributed by atoms with van der Waals surface area (Å²) in [4.78, 5) is 19.3. The minimum absolute atomic E-state index is 0. The molecular weight excluding hydrogens is 310 g/mol. The molecule has 2 N–H and O–H groups in total. The molecule has 0 bridgehead atoms. The van der Waals surface area contributed by atoms with Crippen LogP contribution < -0.4 is 0 Å². The molecule has 6 nitrogen and oxygen atoms in total. The van der Waals surface area contributed by atoms with Crippen LogP contribution in [0.15, 0.2) is 0 Å². The Kier molecular flexibility index (Phi) is 162. The molecule has 0 amide bonds. The lowest BCUT2D eigenvalue weighted by molar-refractivity contribution is -0.140. The molecule has 0 rings (SSSR count).